The molecule has 0 spiro atoms. The van der Waals surface area contributed by atoms with E-state index in [9.17, 15) is 9.59 Å². The Morgan fingerprint density at radius 3 is 2.63 bits per heavy atom. The van der Waals surface area contributed by atoms with Gasteiger partial charge in [0.2, 0.25) is 0 Å². The largest absolute Gasteiger partial charge is 0.336 e. The molecule has 0 N–H and O–H groups in total. The number of aromatic nitrogens is 2. The molecule has 1 amide bonds. The lowest BCUT2D eigenvalue weighted by Crippen LogP contribution is -2.36. The number of nitrogens with zero attached hydrogens (tertiary/aromatic N) is 4. The molecule has 1 saturated heterocycles. The maximum atomic E-state index is 12.9. The average molecular weight is 368 g/mol. The smallest absolute Gasteiger partial charge is 0.274 e. The molecular formula is C21H28N4O2. The van der Waals surface area contributed by atoms with Gasteiger partial charge in [0.1, 0.15) is 5.69 Å². The zero-order valence-corrected chi connectivity index (χ0v) is 16.0. The molecule has 6 nitrogen and oxygen atoms in total. The van der Waals surface area contributed by atoms with Gasteiger partial charge in [-0.3, -0.25) is 14.5 Å². The zero-order valence-electron chi connectivity index (χ0n) is 16.0. The molecule has 1 aromatic heterocycles. The van der Waals surface area contributed by atoms with Crippen molar-refractivity contribution in [3.8, 4) is 0 Å². The van der Waals surface area contributed by atoms with E-state index in [0.29, 0.717) is 18.8 Å². The van der Waals surface area contributed by atoms with Gasteiger partial charge in [-0.05, 0) is 24.5 Å². The van der Waals surface area contributed by atoms with Crippen LogP contribution in [0, 0.1) is 0 Å². The third-order valence-corrected chi connectivity index (χ3v) is 4.93. The molecule has 144 valence electrons. The second-order valence-corrected chi connectivity index (χ2v) is 7.04. The Hall–Kier alpha value is -2.47. The van der Waals surface area contributed by atoms with Gasteiger partial charge in [0, 0.05) is 45.3 Å². The van der Waals surface area contributed by atoms with Gasteiger partial charge in [-0.15, -0.1) is 0 Å². The zero-order chi connectivity index (χ0) is 19.1. The first-order chi connectivity index (χ1) is 13.2. The van der Waals surface area contributed by atoms with Gasteiger partial charge in [0.25, 0.3) is 11.5 Å². The van der Waals surface area contributed by atoms with Gasteiger partial charge in [-0.25, -0.2) is 4.68 Å². The summed E-state index contributed by atoms with van der Waals surface area (Å²) < 4.78 is 1.41. The molecule has 2 heterocycles. The third kappa shape index (κ3) is 5.26. The van der Waals surface area contributed by atoms with Crippen LogP contribution >= 0.6 is 0 Å². The van der Waals surface area contributed by atoms with E-state index >= 15 is 0 Å². The van der Waals surface area contributed by atoms with Crippen molar-refractivity contribution in [3.63, 3.8) is 0 Å². The van der Waals surface area contributed by atoms with Crippen LogP contribution < -0.4 is 5.56 Å². The summed E-state index contributed by atoms with van der Waals surface area (Å²) in [6, 6.07) is 13.4. The first-order valence-electron chi connectivity index (χ1n) is 9.81. The number of benzene rings is 1. The van der Waals surface area contributed by atoms with Crippen molar-refractivity contribution in [2.24, 2.45) is 0 Å². The topological polar surface area (TPSA) is 58.4 Å². The number of carbonyl (C=O) groups excluding carboxylic acids is 1. The second-order valence-electron chi connectivity index (χ2n) is 7.04. The minimum Gasteiger partial charge on any atom is -0.336 e. The summed E-state index contributed by atoms with van der Waals surface area (Å²) in [5.41, 5.74) is 1.51. The number of rotatable bonds is 6. The Kier molecular flexibility index (Phi) is 6.76. The highest BCUT2D eigenvalue weighted by atomic mass is 16.2. The van der Waals surface area contributed by atoms with Crippen molar-refractivity contribution in [2.45, 2.75) is 39.3 Å². The maximum absolute atomic E-state index is 12.9. The highest BCUT2D eigenvalue weighted by Crippen LogP contribution is 2.11. The summed E-state index contributed by atoms with van der Waals surface area (Å²) in [4.78, 5) is 29.1. The van der Waals surface area contributed by atoms with Crippen LogP contribution in [0.1, 0.15) is 42.2 Å². The second kappa shape index (κ2) is 9.46. The number of unbranched alkanes of at least 4 members (excludes halogenated alkanes) is 1. The molecule has 0 radical (unpaired) electrons. The van der Waals surface area contributed by atoms with E-state index in [4.69, 9.17) is 0 Å². The minimum absolute atomic E-state index is 0.0817. The van der Waals surface area contributed by atoms with Crippen molar-refractivity contribution < 1.29 is 4.79 Å². The lowest BCUT2D eigenvalue weighted by molar-refractivity contribution is 0.0752. The molecule has 0 saturated carbocycles. The van der Waals surface area contributed by atoms with Crippen LogP contribution in [0.15, 0.2) is 47.3 Å². The van der Waals surface area contributed by atoms with Crippen molar-refractivity contribution in [1.29, 1.82) is 0 Å². The number of hydrogen-bond donors (Lipinski definition) is 0. The summed E-state index contributed by atoms with van der Waals surface area (Å²) in [7, 11) is 0. The highest BCUT2D eigenvalue weighted by Gasteiger charge is 2.22. The highest BCUT2D eigenvalue weighted by molar-refractivity contribution is 5.92. The third-order valence-electron chi connectivity index (χ3n) is 4.93. The lowest BCUT2D eigenvalue weighted by Gasteiger charge is -2.22. The van der Waals surface area contributed by atoms with Crippen molar-refractivity contribution >= 4 is 5.91 Å². The Morgan fingerprint density at radius 2 is 1.85 bits per heavy atom. The van der Waals surface area contributed by atoms with E-state index < -0.39 is 0 Å². The van der Waals surface area contributed by atoms with Crippen LogP contribution in [0.5, 0.6) is 0 Å². The van der Waals surface area contributed by atoms with Crippen LogP contribution in [-0.2, 0) is 13.1 Å². The Balaban J connectivity index is 1.63. The normalized spacial score (nSPS) is 15.5. The minimum atomic E-state index is -0.148. The van der Waals surface area contributed by atoms with Gasteiger partial charge in [-0.2, -0.15) is 5.10 Å². The van der Waals surface area contributed by atoms with E-state index in [1.807, 2.05) is 11.0 Å². The first-order valence-corrected chi connectivity index (χ1v) is 9.81. The molecule has 1 aromatic carbocycles. The van der Waals surface area contributed by atoms with E-state index in [0.717, 1.165) is 45.4 Å². The average Bonchev–Trinajstić information content (AvgIpc) is 2.93. The van der Waals surface area contributed by atoms with E-state index in [2.05, 4.69) is 41.2 Å². The Labute approximate surface area is 160 Å². The summed E-state index contributed by atoms with van der Waals surface area (Å²) in [6.45, 7) is 6.75. The molecule has 1 aliphatic heterocycles. The quantitative estimate of drug-likeness (QED) is 0.786. The first kappa shape index (κ1) is 19.3. The molecule has 0 atom stereocenters. The molecule has 1 aliphatic rings. The fraction of sp³-hybridized carbons (Fsp3) is 0.476. The van der Waals surface area contributed by atoms with Gasteiger partial charge in [0.15, 0.2) is 0 Å². The Bertz CT molecular complexity index is 803. The summed E-state index contributed by atoms with van der Waals surface area (Å²) in [5, 5.41) is 4.30. The summed E-state index contributed by atoms with van der Waals surface area (Å²) in [6.07, 6.45) is 2.80. The van der Waals surface area contributed by atoms with Crippen molar-refractivity contribution in [3.05, 3.63) is 64.1 Å². The predicted octanol–water partition coefficient (Wildman–Crippen LogP) is 2.39. The summed E-state index contributed by atoms with van der Waals surface area (Å²) in [5.74, 6) is -0.0817. The number of hydrogen-bond acceptors (Lipinski definition) is 4. The molecule has 0 unspecified atom stereocenters. The van der Waals surface area contributed by atoms with Gasteiger partial charge in [-0.1, -0.05) is 43.7 Å². The Morgan fingerprint density at radius 1 is 1.04 bits per heavy atom. The molecule has 2 aromatic rings. The SMILES string of the molecule is CCCCn1nc(C(=O)N2CCCN(Cc3ccccc3)CC2)ccc1=O. The van der Waals surface area contributed by atoms with Gasteiger partial charge < -0.3 is 4.90 Å². The summed E-state index contributed by atoms with van der Waals surface area (Å²) >= 11 is 0. The van der Waals surface area contributed by atoms with Gasteiger partial charge >= 0.3 is 0 Å². The molecule has 1 fully saturated rings. The van der Waals surface area contributed by atoms with E-state index in [-0.39, 0.29) is 11.5 Å². The molecule has 27 heavy (non-hydrogen) atoms. The van der Waals surface area contributed by atoms with Crippen LogP contribution in [-0.4, -0.2) is 51.7 Å². The van der Waals surface area contributed by atoms with Crippen LogP contribution in [0.3, 0.4) is 0 Å². The van der Waals surface area contributed by atoms with Crippen LogP contribution in [0.4, 0.5) is 0 Å². The molecule has 0 aliphatic carbocycles. The monoisotopic (exact) mass is 368 g/mol. The molecule has 3 rings (SSSR count). The standard InChI is InChI=1S/C21H28N4O2/c1-2-3-14-25-20(26)11-10-19(22-25)21(27)24-13-7-12-23(15-16-24)17-18-8-5-4-6-9-18/h4-6,8-11H,2-3,7,12-17H2,1H3. The fourth-order valence-corrected chi connectivity index (χ4v) is 3.37. The molecule has 6 heteroatoms. The molecule has 0 bridgehead atoms. The fourth-order valence-electron chi connectivity index (χ4n) is 3.37. The van der Waals surface area contributed by atoms with Crippen molar-refractivity contribution in [2.75, 3.05) is 26.2 Å². The number of carbonyl (C=O) groups is 1. The number of amides is 1. The predicted molar refractivity (Wildman–Crippen MR) is 106 cm³/mol. The van der Waals surface area contributed by atoms with Crippen molar-refractivity contribution in [1.82, 2.24) is 19.6 Å². The number of aryl methyl sites for hydroxylation is 1. The van der Waals surface area contributed by atoms with E-state index in [1.54, 1.807) is 6.07 Å². The van der Waals surface area contributed by atoms with Crippen LogP contribution in [0.2, 0.25) is 0 Å². The maximum Gasteiger partial charge on any atom is 0.274 e. The van der Waals surface area contributed by atoms with E-state index in [1.165, 1.54) is 16.3 Å². The lowest BCUT2D eigenvalue weighted by atomic mass is 10.2. The van der Waals surface area contributed by atoms with Crippen LogP contribution in [0.25, 0.3) is 0 Å². The molecular weight excluding hydrogens is 340 g/mol. The van der Waals surface area contributed by atoms with Gasteiger partial charge in [0.05, 0.1) is 0 Å².